The van der Waals surface area contributed by atoms with Crippen molar-refractivity contribution in [3.63, 3.8) is 0 Å². The largest absolute Gasteiger partial charge is 0.357 e. The topological polar surface area (TPSA) is 45.6 Å². The molecule has 0 unspecified atom stereocenters. The fourth-order valence-electron chi connectivity index (χ4n) is 2.93. The van der Waals surface area contributed by atoms with Crippen molar-refractivity contribution in [1.82, 2.24) is 14.4 Å². The molecule has 0 aromatic carbocycles. The molecule has 5 nitrogen and oxygen atoms in total. The van der Waals surface area contributed by atoms with Crippen LogP contribution in [-0.2, 0) is 23.1 Å². The van der Waals surface area contributed by atoms with Crippen LogP contribution in [0.1, 0.15) is 39.2 Å². The standard InChI is InChI=1S/C18H29N3O2/c1-18(2,3)13-17(23)21-8-5-7-20(10-11-21)16(22)12-15-6-9-19(4)14-15/h6,9,14H,5,7-8,10-13H2,1-4H3. The van der Waals surface area contributed by atoms with E-state index in [0.29, 0.717) is 25.9 Å². The van der Waals surface area contributed by atoms with E-state index in [0.717, 1.165) is 25.1 Å². The second-order valence-electron chi connectivity index (χ2n) is 7.71. The van der Waals surface area contributed by atoms with Gasteiger partial charge in [0.1, 0.15) is 0 Å². The predicted octanol–water partition coefficient (Wildman–Crippen LogP) is 2.06. The maximum atomic E-state index is 12.4. The van der Waals surface area contributed by atoms with E-state index in [1.807, 2.05) is 39.9 Å². The number of hydrogen-bond donors (Lipinski definition) is 0. The lowest BCUT2D eigenvalue weighted by Crippen LogP contribution is -2.38. The molecule has 0 bridgehead atoms. The minimum absolute atomic E-state index is 0.00615. The van der Waals surface area contributed by atoms with Crippen LogP contribution in [0, 0.1) is 5.41 Å². The van der Waals surface area contributed by atoms with Gasteiger partial charge in [-0.15, -0.1) is 0 Å². The molecule has 128 valence electrons. The Morgan fingerprint density at radius 2 is 1.65 bits per heavy atom. The molecule has 1 aliphatic heterocycles. The highest BCUT2D eigenvalue weighted by molar-refractivity contribution is 5.79. The van der Waals surface area contributed by atoms with Gasteiger partial charge in [0.05, 0.1) is 6.42 Å². The van der Waals surface area contributed by atoms with Crippen molar-refractivity contribution >= 4 is 11.8 Å². The van der Waals surface area contributed by atoms with E-state index in [4.69, 9.17) is 0 Å². The van der Waals surface area contributed by atoms with Crippen LogP contribution in [0.15, 0.2) is 18.5 Å². The summed E-state index contributed by atoms with van der Waals surface area (Å²) in [4.78, 5) is 28.6. The molecule has 0 saturated carbocycles. The molecule has 0 atom stereocenters. The van der Waals surface area contributed by atoms with Crippen molar-refractivity contribution in [2.75, 3.05) is 26.2 Å². The third-order valence-corrected chi connectivity index (χ3v) is 4.13. The van der Waals surface area contributed by atoms with Gasteiger partial charge in [-0.25, -0.2) is 0 Å². The van der Waals surface area contributed by atoms with Crippen molar-refractivity contribution in [2.24, 2.45) is 12.5 Å². The van der Waals surface area contributed by atoms with E-state index in [1.165, 1.54) is 0 Å². The number of aromatic nitrogens is 1. The van der Waals surface area contributed by atoms with Gasteiger partial charge in [-0.2, -0.15) is 0 Å². The third-order valence-electron chi connectivity index (χ3n) is 4.13. The fourth-order valence-corrected chi connectivity index (χ4v) is 2.93. The summed E-state index contributed by atoms with van der Waals surface area (Å²) < 4.78 is 1.96. The second kappa shape index (κ2) is 7.20. The molecule has 23 heavy (non-hydrogen) atoms. The van der Waals surface area contributed by atoms with Crippen LogP contribution in [0.5, 0.6) is 0 Å². The van der Waals surface area contributed by atoms with E-state index in [1.54, 1.807) is 0 Å². The van der Waals surface area contributed by atoms with Gasteiger partial charge >= 0.3 is 0 Å². The van der Waals surface area contributed by atoms with Crippen LogP contribution < -0.4 is 0 Å². The maximum absolute atomic E-state index is 12.4. The van der Waals surface area contributed by atoms with Crippen molar-refractivity contribution in [1.29, 1.82) is 0 Å². The number of nitrogens with zero attached hydrogens (tertiary/aromatic N) is 3. The summed E-state index contributed by atoms with van der Waals surface area (Å²) in [5.41, 5.74) is 1.05. The van der Waals surface area contributed by atoms with Crippen LogP contribution in [0.3, 0.4) is 0 Å². The van der Waals surface area contributed by atoms with E-state index in [-0.39, 0.29) is 17.2 Å². The SMILES string of the molecule is Cn1ccc(CC(=O)N2CCCN(C(=O)CC(C)(C)C)CC2)c1. The summed E-state index contributed by atoms with van der Waals surface area (Å²) in [5, 5.41) is 0. The Morgan fingerprint density at radius 3 is 2.17 bits per heavy atom. The molecular weight excluding hydrogens is 290 g/mol. The van der Waals surface area contributed by atoms with E-state index >= 15 is 0 Å². The van der Waals surface area contributed by atoms with Crippen LogP contribution in [0.4, 0.5) is 0 Å². The van der Waals surface area contributed by atoms with Crippen LogP contribution in [0.2, 0.25) is 0 Å². The summed E-state index contributed by atoms with van der Waals surface area (Å²) in [6.45, 7) is 9.03. The Bertz CT molecular complexity index is 557. The fraction of sp³-hybridized carbons (Fsp3) is 0.667. The smallest absolute Gasteiger partial charge is 0.227 e. The summed E-state index contributed by atoms with van der Waals surface area (Å²) in [6.07, 6.45) is 5.80. The van der Waals surface area contributed by atoms with Crippen LogP contribution in [-0.4, -0.2) is 52.4 Å². The Morgan fingerprint density at radius 1 is 1.04 bits per heavy atom. The average molecular weight is 319 g/mol. The molecule has 1 saturated heterocycles. The van der Waals surface area contributed by atoms with Crippen molar-refractivity contribution in [3.8, 4) is 0 Å². The first-order chi connectivity index (χ1) is 10.7. The average Bonchev–Trinajstić information content (AvgIpc) is 2.71. The molecule has 1 fully saturated rings. The Labute approximate surface area is 139 Å². The monoisotopic (exact) mass is 319 g/mol. The molecule has 2 rings (SSSR count). The number of carbonyl (C=O) groups excluding carboxylic acids is 2. The zero-order chi connectivity index (χ0) is 17.0. The number of rotatable bonds is 3. The van der Waals surface area contributed by atoms with Crippen LogP contribution >= 0.6 is 0 Å². The van der Waals surface area contributed by atoms with Crippen LogP contribution in [0.25, 0.3) is 0 Å². The van der Waals surface area contributed by atoms with Gasteiger partial charge in [0, 0.05) is 52.0 Å². The lowest BCUT2D eigenvalue weighted by atomic mass is 9.91. The molecule has 2 amide bonds. The first kappa shape index (κ1) is 17.6. The highest BCUT2D eigenvalue weighted by Crippen LogP contribution is 2.20. The van der Waals surface area contributed by atoms with E-state index in [9.17, 15) is 9.59 Å². The number of aryl methyl sites for hydroxylation is 1. The van der Waals surface area contributed by atoms with Gasteiger partial charge in [-0.1, -0.05) is 20.8 Å². The van der Waals surface area contributed by atoms with Gasteiger partial charge in [-0.3, -0.25) is 9.59 Å². The number of hydrogen-bond acceptors (Lipinski definition) is 2. The number of amides is 2. The zero-order valence-electron chi connectivity index (χ0n) is 14.8. The second-order valence-corrected chi connectivity index (χ2v) is 7.71. The predicted molar refractivity (Wildman–Crippen MR) is 91.0 cm³/mol. The van der Waals surface area contributed by atoms with Gasteiger partial charge < -0.3 is 14.4 Å². The lowest BCUT2D eigenvalue weighted by Gasteiger charge is -2.25. The summed E-state index contributed by atoms with van der Waals surface area (Å²) in [5.74, 6) is 0.358. The first-order valence-corrected chi connectivity index (χ1v) is 8.41. The molecule has 2 heterocycles. The molecule has 0 N–H and O–H groups in total. The van der Waals surface area contributed by atoms with Gasteiger partial charge in [-0.05, 0) is 23.5 Å². The number of carbonyl (C=O) groups is 2. The van der Waals surface area contributed by atoms with Gasteiger partial charge in [0.25, 0.3) is 0 Å². The summed E-state index contributed by atoms with van der Waals surface area (Å²) >= 11 is 0. The van der Waals surface area contributed by atoms with E-state index < -0.39 is 0 Å². The Balaban J connectivity index is 1.88. The molecule has 0 spiro atoms. The Kier molecular flexibility index (Phi) is 5.50. The third kappa shape index (κ3) is 5.41. The summed E-state index contributed by atoms with van der Waals surface area (Å²) in [7, 11) is 1.96. The zero-order valence-corrected chi connectivity index (χ0v) is 14.8. The molecule has 1 aromatic heterocycles. The van der Waals surface area contributed by atoms with Crippen molar-refractivity contribution in [3.05, 3.63) is 24.0 Å². The lowest BCUT2D eigenvalue weighted by molar-refractivity contribution is -0.134. The highest BCUT2D eigenvalue weighted by atomic mass is 16.2. The molecule has 5 heteroatoms. The molecule has 0 aliphatic carbocycles. The molecule has 0 radical (unpaired) electrons. The molecular formula is C18H29N3O2. The minimum atomic E-state index is 0.00615. The summed E-state index contributed by atoms with van der Waals surface area (Å²) in [6, 6.07) is 1.98. The molecule has 1 aliphatic rings. The van der Waals surface area contributed by atoms with E-state index in [2.05, 4.69) is 20.8 Å². The van der Waals surface area contributed by atoms with Gasteiger partial charge in [0.15, 0.2) is 0 Å². The van der Waals surface area contributed by atoms with Gasteiger partial charge in [0.2, 0.25) is 11.8 Å². The molecule has 1 aromatic rings. The first-order valence-electron chi connectivity index (χ1n) is 8.41. The normalized spacial score (nSPS) is 16.3. The van der Waals surface area contributed by atoms with Crippen molar-refractivity contribution in [2.45, 2.75) is 40.0 Å². The Hall–Kier alpha value is -1.78. The maximum Gasteiger partial charge on any atom is 0.227 e. The quantitative estimate of drug-likeness (QED) is 0.856. The highest BCUT2D eigenvalue weighted by Gasteiger charge is 2.25. The van der Waals surface area contributed by atoms with Crippen molar-refractivity contribution < 1.29 is 9.59 Å². The minimum Gasteiger partial charge on any atom is -0.357 e.